The fourth-order valence-electron chi connectivity index (χ4n) is 2.46. The molecule has 0 fully saturated rings. The van der Waals surface area contributed by atoms with Gasteiger partial charge in [-0.2, -0.15) is 0 Å². The van der Waals surface area contributed by atoms with Crippen LogP contribution in [0.15, 0.2) is 70.9 Å². The molecule has 29 heavy (non-hydrogen) atoms. The molecule has 0 aliphatic rings. The molecule has 3 rings (SSSR count). The topological polar surface area (TPSA) is 92.3 Å². The maximum atomic E-state index is 13.0. The number of hydrogen-bond donors (Lipinski definition) is 2. The zero-order valence-electron chi connectivity index (χ0n) is 15.1. The van der Waals surface area contributed by atoms with Gasteiger partial charge in [0.05, 0.1) is 9.77 Å². The Kier molecular flexibility index (Phi) is 6.40. The molecule has 1 amide bonds. The molecular weight excluding hydrogens is 415 g/mol. The van der Waals surface area contributed by atoms with Crippen molar-refractivity contribution in [3.63, 3.8) is 0 Å². The van der Waals surface area contributed by atoms with E-state index >= 15 is 0 Å². The maximum absolute atomic E-state index is 13.0. The molecule has 9 heteroatoms. The summed E-state index contributed by atoms with van der Waals surface area (Å²) < 4.78 is 39.9. The number of carbonyl (C=O) groups is 2. The molecule has 0 radical (unpaired) electrons. The summed E-state index contributed by atoms with van der Waals surface area (Å²) in [6.45, 7) is 0. The highest BCUT2D eigenvalue weighted by atomic mass is 32.2. The van der Waals surface area contributed by atoms with Gasteiger partial charge in [0.15, 0.2) is 5.78 Å². The van der Waals surface area contributed by atoms with Crippen molar-refractivity contribution in [2.45, 2.75) is 17.7 Å². The van der Waals surface area contributed by atoms with E-state index in [9.17, 15) is 22.4 Å². The average molecular weight is 432 g/mol. The van der Waals surface area contributed by atoms with Crippen LogP contribution in [0.25, 0.3) is 0 Å². The van der Waals surface area contributed by atoms with E-state index in [1.165, 1.54) is 35.6 Å². The number of halogens is 1. The number of thiophene rings is 1. The minimum absolute atomic E-state index is 0.0513. The maximum Gasteiger partial charge on any atom is 0.261 e. The van der Waals surface area contributed by atoms with Gasteiger partial charge in [-0.25, -0.2) is 12.8 Å². The number of anilines is 2. The standard InChI is InChI=1S/C20H17FN2O4S2/c21-14-3-9-17(10-4-14)29(26,27)23-16-7-5-15(6-8-16)22-20(25)12-11-18(24)19-2-1-13-28-19/h1-10,13,23H,11-12H2,(H,22,25). The van der Waals surface area contributed by atoms with Crippen molar-refractivity contribution in [2.24, 2.45) is 0 Å². The molecule has 1 aromatic heterocycles. The van der Waals surface area contributed by atoms with Crippen LogP contribution in [-0.2, 0) is 14.8 Å². The monoisotopic (exact) mass is 432 g/mol. The third-order valence-electron chi connectivity index (χ3n) is 3.92. The fraction of sp³-hybridized carbons (Fsp3) is 0.100. The number of hydrogen-bond acceptors (Lipinski definition) is 5. The number of sulfonamides is 1. The highest BCUT2D eigenvalue weighted by molar-refractivity contribution is 7.92. The molecule has 0 bridgehead atoms. The minimum atomic E-state index is -3.85. The lowest BCUT2D eigenvalue weighted by atomic mass is 10.2. The Bertz CT molecular complexity index is 1090. The number of Topliss-reactive ketones (excluding diaryl/α,β-unsaturated/α-hetero) is 1. The van der Waals surface area contributed by atoms with Crippen molar-refractivity contribution in [3.8, 4) is 0 Å². The smallest absolute Gasteiger partial charge is 0.261 e. The van der Waals surface area contributed by atoms with E-state index in [1.54, 1.807) is 29.6 Å². The van der Waals surface area contributed by atoms with Gasteiger partial charge in [-0.1, -0.05) is 6.07 Å². The quantitative estimate of drug-likeness (QED) is 0.520. The molecule has 150 valence electrons. The first kappa shape index (κ1) is 20.7. The van der Waals surface area contributed by atoms with Gasteiger partial charge in [-0.15, -0.1) is 11.3 Å². The van der Waals surface area contributed by atoms with Crippen LogP contribution >= 0.6 is 11.3 Å². The van der Waals surface area contributed by atoms with Crippen molar-refractivity contribution < 1.29 is 22.4 Å². The lowest BCUT2D eigenvalue weighted by molar-refractivity contribution is -0.116. The van der Waals surface area contributed by atoms with Crippen molar-refractivity contribution >= 4 is 44.4 Å². The van der Waals surface area contributed by atoms with E-state index in [0.717, 1.165) is 12.1 Å². The average Bonchev–Trinajstić information content (AvgIpc) is 3.23. The Balaban J connectivity index is 1.55. The SMILES string of the molecule is O=C(CCC(=O)c1cccs1)Nc1ccc(NS(=O)(=O)c2ccc(F)cc2)cc1. The van der Waals surface area contributed by atoms with Crippen molar-refractivity contribution in [3.05, 3.63) is 76.7 Å². The van der Waals surface area contributed by atoms with Crippen molar-refractivity contribution in [1.82, 2.24) is 0 Å². The van der Waals surface area contributed by atoms with E-state index < -0.39 is 15.8 Å². The van der Waals surface area contributed by atoms with Crippen molar-refractivity contribution in [2.75, 3.05) is 10.0 Å². The molecule has 0 atom stereocenters. The number of ketones is 1. The zero-order valence-corrected chi connectivity index (χ0v) is 16.7. The molecule has 0 saturated heterocycles. The molecule has 6 nitrogen and oxygen atoms in total. The molecule has 2 N–H and O–H groups in total. The number of benzene rings is 2. The van der Waals surface area contributed by atoms with Crippen LogP contribution in [0.4, 0.5) is 15.8 Å². The summed E-state index contributed by atoms with van der Waals surface area (Å²) >= 11 is 1.34. The molecule has 0 saturated carbocycles. The van der Waals surface area contributed by atoms with Crippen LogP contribution < -0.4 is 10.0 Å². The molecule has 0 unspecified atom stereocenters. The predicted octanol–water partition coefficient (Wildman–Crippen LogP) is 4.29. The Morgan fingerprint density at radius 2 is 1.55 bits per heavy atom. The van der Waals surface area contributed by atoms with Gasteiger partial charge in [0.25, 0.3) is 10.0 Å². The Morgan fingerprint density at radius 1 is 0.897 bits per heavy atom. The van der Waals surface area contributed by atoms with Gasteiger partial charge in [0.2, 0.25) is 5.91 Å². The van der Waals surface area contributed by atoms with E-state index in [2.05, 4.69) is 10.0 Å². The predicted molar refractivity (Wildman–Crippen MR) is 110 cm³/mol. The first-order chi connectivity index (χ1) is 13.8. The third-order valence-corrected chi connectivity index (χ3v) is 6.23. The van der Waals surface area contributed by atoms with Gasteiger partial charge in [-0.05, 0) is 60.0 Å². The van der Waals surface area contributed by atoms with Crippen LogP contribution in [0.2, 0.25) is 0 Å². The lowest BCUT2D eigenvalue weighted by Gasteiger charge is -2.09. The second-order valence-electron chi connectivity index (χ2n) is 6.09. The van der Waals surface area contributed by atoms with Gasteiger partial charge in [0.1, 0.15) is 5.82 Å². The first-order valence-corrected chi connectivity index (χ1v) is 10.9. The normalized spacial score (nSPS) is 11.1. The molecule has 3 aromatic rings. The molecular formula is C20H17FN2O4S2. The third kappa shape index (κ3) is 5.72. The van der Waals surface area contributed by atoms with Gasteiger partial charge >= 0.3 is 0 Å². The number of carbonyl (C=O) groups excluding carboxylic acids is 2. The Labute approximate surface area is 171 Å². The summed E-state index contributed by atoms with van der Waals surface area (Å²) in [6, 6.07) is 14.0. The van der Waals surface area contributed by atoms with Gasteiger partial charge in [0, 0.05) is 24.2 Å². The summed E-state index contributed by atoms with van der Waals surface area (Å²) in [5.41, 5.74) is 0.767. The van der Waals surface area contributed by atoms with Crippen LogP contribution in [0.1, 0.15) is 22.5 Å². The number of amides is 1. The number of rotatable bonds is 8. The van der Waals surface area contributed by atoms with Gasteiger partial charge < -0.3 is 5.32 Å². The second-order valence-corrected chi connectivity index (χ2v) is 8.72. The van der Waals surface area contributed by atoms with E-state index in [1.807, 2.05) is 0 Å². The highest BCUT2D eigenvalue weighted by Gasteiger charge is 2.14. The zero-order chi connectivity index (χ0) is 20.9. The summed E-state index contributed by atoms with van der Waals surface area (Å²) in [5.74, 6) is -0.920. The fourth-order valence-corrected chi connectivity index (χ4v) is 4.21. The van der Waals surface area contributed by atoms with Crippen molar-refractivity contribution in [1.29, 1.82) is 0 Å². The van der Waals surface area contributed by atoms with Crippen LogP contribution in [-0.4, -0.2) is 20.1 Å². The molecule has 0 aliphatic carbocycles. The van der Waals surface area contributed by atoms with E-state index in [4.69, 9.17) is 0 Å². The van der Waals surface area contributed by atoms with Gasteiger partial charge in [-0.3, -0.25) is 14.3 Å². The largest absolute Gasteiger partial charge is 0.326 e. The molecule has 1 heterocycles. The summed E-state index contributed by atoms with van der Waals surface area (Å²) in [6.07, 6.45) is 0.164. The lowest BCUT2D eigenvalue weighted by Crippen LogP contribution is -2.14. The molecule has 0 spiro atoms. The van der Waals surface area contributed by atoms with E-state index in [-0.39, 0.29) is 29.4 Å². The summed E-state index contributed by atoms with van der Waals surface area (Å²) in [7, 11) is -3.85. The summed E-state index contributed by atoms with van der Waals surface area (Å²) in [4.78, 5) is 24.5. The molecule has 0 aliphatic heterocycles. The van der Waals surface area contributed by atoms with Crippen LogP contribution in [0.3, 0.4) is 0 Å². The number of nitrogens with one attached hydrogen (secondary N) is 2. The Hall–Kier alpha value is -3.04. The first-order valence-electron chi connectivity index (χ1n) is 8.58. The van der Waals surface area contributed by atoms with E-state index in [0.29, 0.717) is 16.3 Å². The van der Waals surface area contributed by atoms with Crippen LogP contribution in [0.5, 0.6) is 0 Å². The Morgan fingerprint density at radius 3 is 2.17 bits per heavy atom. The highest BCUT2D eigenvalue weighted by Crippen LogP contribution is 2.19. The second kappa shape index (κ2) is 8.97. The summed E-state index contributed by atoms with van der Waals surface area (Å²) in [5, 5.41) is 4.47. The molecule has 2 aromatic carbocycles. The minimum Gasteiger partial charge on any atom is -0.326 e. The van der Waals surface area contributed by atoms with Crippen LogP contribution in [0, 0.1) is 5.82 Å².